The van der Waals surface area contributed by atoms with E-state index in [2.05, 4.69) is 52.4 Å². The summed E-state index contributed by atoms with van der Waals surface area (Å²) in [6.07, 6.45) is 9.73. The number of hydrogen-bond donors (Lipinski definition) is 1. The Morgan fingerprint density at radius 1 is 1.20 bits per heavy atom. The molecule has 2 aliphatic carbocycles. The van der Waals surface area contributed by atoms with Gasteiger partial charge in [-0.1, -0.05) is 53.9 Å². The van der Waals surface area contributed by atoms with Crippen LogP contribution in [0.3, 0.4) is 0 Å². The van der Waals surface area contributed by atoms with Gasteiger partial charge < -0.3 is 5.32 Å². The molecule has 0 spiro atoms. The predicted octanol–water partition coefficient (Wildman–Crippen LogP) is 5.26. The lowest BCUT2D eigenvalue weighted by molar-refractivity contribution is 0.213. The van der Waals surface area contributed by atoms with Gasteiger partial charge in [-0.3, -0.25) is 0 Å². The van der Waals surface area contributed by atoms with E-state index in [9.17, 15) is 0 Å². The van der Waals surface area contributed by atoms with Crippen LogP contribution in [0.5, 0.6) is 0 Å². The average molecular weight is 336 g/mol. The van der Waals surface area contributed by atoms with Gasteiger partial charge in [-0.15, -0.1) is 0 Å². The van der Waals surface area contributed by atoms with Gasteiger partial charge in [-0.05, 0) is 55.1 Å². The first-order valence-electron chi connectivity index (χ1n) is 8.20. The zero-order valence-corrected chi connectivity index (χ0v) is 14.1. The van der Waals surface area contributed by atoms with Crippen molar-refractivity contribution in [2.75, 3.05) is 6.54 Å². The van der Waals surface area contributed by atoms with Crippen LogP contribution in [-0.4, -0.2) is 12.6 Å². The van der Waals surface area contributed by atoms with Crippen molar-refractivity contribution in [3.63, 3.8) is 0 Å². The third-order valence-electron chi connectivity index (χ3n) is 5.66. The first-order valence-corrected chi connectivity index (χ1v) is 8.99. The van der Waals surface area contributed by atoms with Crippen LogP contribution in [0.15, 0.2) is 28.7 Å². The molecule has 3 rings (SSSR count). The Bertz CT molecular complexity index is 444. The summed E-state index contributed by atoms with van der Waals surface area (Å²) in [5.41, 5.74) is 2.12. The van der Waals surface area contributed by atoms with Gasteiger partial charge in [0.1, 0.15) is 0 Å². The summed E-state index contributed by atoms with van der Waals surface area (Å²) in [5, 5.41) is 3.86. The van der Waals surface area contributed by atoms with Crippen LogP contribution in [-0.2, 0) is 0 Å². The fraction of sp³-hybridized carbons (Fsp3) is 0.667. The van der Waals surface area contributed by atoms with Gasteiger partial charge in [0, 0.05) is 17.1 Å². The zero-order chi connectivity index (χ0) is 14.0. The molecule has 1 aromatic carbocycles. The molecule has 0 aromatic heterocycles. The molecule has 2 heteroatoms. The second-order valence-electron chi connectivity index (χ2n) is 6.83. The molecule has 0 saturated heterocycles. The number of benzene rings is 1. The van der Waals surface area contributed by atoms with Crippen LogP contribution in [0.1, 0.15) is 63.4 Å². The van der Waals surface area contributed by atoms with Gasteiger partial charge in [0.05, 0.1) is 0 Å². The van der Waals surface area contributed by atoms with Gasteiger partial charge in [-0.25, -0.2) is 0 Å². The monoisotopic (exact) mass is 335 g/mol. The van der Waals surface area contributed by atoms with E-state index in [1.165, 1.54) is 61.5 Å². The predicted molar refractivity (Wildman–Crippen MR) is 89.1 cm³/mol. The number of nitrogens with one attached hydrogen (secondary N) is 1. The molecule has 0 atom stereocenters. The maximum atomic E-state index is 3.86. The van der Waals surface area contributed by atoms with Crippen molar-refractivity contribution in [2.24, 2.45) is 5.41 Å². The largest absolute Gasteiger partial charge is 0.313 e. The molecule has 110 valence electrons. The standard InChI is InChI=1S/C18H26BrN/c1-2-18(9-5-6-10-18)13-20-15-11-14(12-15)16-7-3-4-8-17(16)19/h3-4,7-8,14-15,20H,2,5-6,9-13H2,1H3. The topological polar surface area (TPSA) is 12.0 Å². The Morgan fingerprint density at radius 2 is 1.90 bits per heavy atom. The molecule has 2 fully saturated rings. The fourth-order valence-electron chi connectivity index (χ4n) is 3.99. The van der Waals surface area contributed by atoms with Crippen LogP contribution < -0.4 is 5.32 Å². The van der Waals surface area contributed by atoms with Gasteiger partial charge in [0.25, 0.3) is 0 Å². The smallest absolute Gasteiger partial charge is 0.0210 e. The molecule has 0 heterocycles. The van der Waals surface area contributed by atoms with E-state index in [0.29, 0.717) is 5.41 Å². The molecule has 0 unspecified atom stereocenters. The number of rotatable bonds is 5. The minimum atomic E-state index is 0.623. The first kappa shape index (κ1) is 14.6. The van der Waals surface area contributed by atoms with E-state index in [1.807, 2.05) is 0 Å². The van der Waals surface area contributed by atoms with Crippen molar-refractivity contribution in [3.8, 4) is 0 Å². The summed E-state index contributed by atoms with van der Waals surface area (Å²) in [7, 11) is 0. The lowest BCUT2D eigenvalue weighted by Gasteiger charge is -2.39. The quantitative estimate of drug-likeness (QED) is 0.774. The Morgan fingerprint density at radius 3 is 2.55 bits per heavy atom. The average Bonchev–Trinajstić information content (AvgIpc) is 2.88. The molecular formula is C18H26BrN. The molecule has 2 aliphatic rings. The fourth-order valence-corrected chi connectivity index (χ4v) is 4.59. The van der Waals surface area contributed by atoms with Gasteiger partial charge in [0.2, 0.25) is 0 Å². The molecule has 2 saturated carbocycles. The van der Waals surface area contributed by atoms with Crippen molar-refractivity contribution >= 4 is 15.9 Å². The lowest BCUT2D eigenvalue weighted by Crippen LogP contribution is -2.44. The van der Waals surface area contributed by atoms with Crippen molar-refractivity contribution in [2.45, 2.75) is 63.8 Å². The van der Waals surface area contributed by atoms with Crippen molar-refractivity contribution in [1.82, 2.24) is 5.32 Å². The Kier molecular flexibility index (Phi) is 4.52. The van der Waals surface area contributed by atoms with Gasteiger partial charge in [0.15, 0.2) is 0 Å². The minimum absolute atomic E-state index is 0.623. The number of halogens is 1. The Labute approximate surface area is 131 Å². The van der Waals surface area contributed by atoms with Gasteiger partial charge in [-0.2, -0.15) is 0 Å². The molecule has 0 radical (unpaired) electrons. The van der Waals surface area contributed by atoms with Crippen LogP contribution in [0.2, 0.25) is 0 Å². The van der Waals surface area contributed by atoms with Crippen LogP contribution in [0, 0.1) is 5.41 Å². The van der Waals surface area contributed by atoms with Crippen LogP contribution in [0.25, 0.3) is 0 Å². The van der Waals surface area contributed by atoms with E-state index in [4.69, 9.17) is 0 Å². The SMILES string of the molecule is CCC1(CNC2CC(c3ccccc3Br)C2)CCCC1. The van der Waals surface area contributed by atoms with E-state index in [-0.39, 0.29) is 0 Å². The van der Waals surface area contributed by atoms with E-state index in [0.717, 1.165) is 12.0 Å². The van der Waals surface area contributed by atoms with Crippen LogP contribution >= 0.6 is 15.9 Å². The van der Waals surface area contributed by atoms with E-state index >= 15 is 0 Å². The first-order chi connectivity index (χ1) is 9.72. The molecule has 1 aromatic rings. The van der Waals surface area contributed by atoms with Crippen molar-refractivity contribution < 1.29 is 0 Å². The molecule has 1 N–H and O–H groups in total. The second kappa shape index (κ2) is 6.19. The Balaban J connectivity index is 1.48. The van der Waals surface area contributed by atoms with E-state index < -0.39 is 0 Å². The summed E-state index contributed by atoms with van der Waals surface area (Å²) in [5.74, 6) is 0.754. The van der Waals surface area contributed by atoms with E-state index in [1.54, 1.807) is 0 Å². The third kappa shape index (κ3) is 2.96. The molecule has 0 amide bonds. The maximum Gasteiger partial charge on any atom is 0.0210 e. The molecule has 0 aliphatic heterocycles. The Hall–Kier alpha value is -0.340. The molecule has 1 nitrogen and oxygen atoms in total. The summed E-state index contributed by atoms with van der Waals surface area (Å²) in [6.45, 7) is 3.62. The second-order valence-corrected chi connectivity index (χ2v) is 7.68. The van der Waals surface area contributed by atoms with Gasteiger partial charge >= 0.3 is 0 Å². The van der Waals surface area contributed by atoms with Crippen molar-refractivity contribution in [3.05, 3.63) is 34.3 Å². The molecule has 20 heavy (non-hydrogen) atoms. The summed E-state index contributed by atoms with van der Waals surface area (Å²) < 4.78 is 1.28. The summed E-state index contributed by atoms with van der Waals surface area (Å²) in [6, 6.07) is 9.45. The maximum absolute atomic E-state index is 3.86. The minimum Gasteiger partial charge on any atom is -0.313 e. The lowest BCUT2D eigenvalue weighted by atomic mass is 9.75. The number of hydrogen-bond acceptors (Lipinski definition) is 1. The third-order valence-corrected chi connectivity index (χ3v) is 6.39. The highest BCUT2D eigenvalue weighted by molar-refractivity contribution is 9.10. The highest BCUT2D eigenvalue weighted by atomic mass is 79.9. The summed E-state index contributed by atoms with van der Waals surface area (Å²) >= 11 is 3.68. The van der Waals surface area contributed by atoms with Crippen molar-refractivity contribution in [1.29, 1.82) is 0 Å². The zero-order valence-electron chi connectivity index (χ0n) is 12.5. The molecule has 0 bridgehead atoms. The normalized spacial score (nSPS) is 28.3. The highest BCUT2D eigenvalue weighted by Crippen LogP contribution is 2.43. The molecular weight excluding hydrogens is 310 g/mol. The highest BCUT2D eigenvalue weighted by Gasteiger charge is 2.35. The van der Waals surface area contributed by atoms with Crippen LogP contribution in [0.4, 0.5) is 0 Å². The summed E-state index contributed by atoms with van der Waals surface area (Å²) in [4.78, 5) is 0.